The summed E-state index contributed by atoms with van der Waals surface area (Å²) >= 11 is 0. The van der Waals surface area contributed by atoms with Gasteiger partial charge in [0.1, 0.15) is 5.82 Å². The Morgan fingerprint density at radius 3 is 2.50 bits per heavy atom. The molecule has 20 heavy (non-hydrogen) atoms. The van der Waals surface area contributed by atoms with Gasteiger partial charge in [-0.2, -0.15) is 0 Å². The van der Waals surface area contributed by atoms with Crippen molar-refractivity contribution in [3.63, 3.8) is 0 Å². The number of hydrogen-bond acceptors (Lipinski definition) is 2. The van der Waals surface area contributed by atoms with Crippen LogP contribution in [0, 0.1) is 0 Å². The van der Waals surface area contributed by atoms with Gasteiger partial charge in [-0.15, -0.1) is 0 Å². The standard InChI is InChI=1S/C17H23N3/c1-19(15-8-4-2-3-5-9-15)17-14-16(10-11-18-17)20-12-6-7-13-20/h6-7,10-15H,2-5,8-9H2,1H3. The van der Waals surface area contributed by atoms with Gasteiger partial charge in [-0.25, -0.2) is 4.98 Å². The SMILES string of the molecule is CN(c1cc(-n2cccc2)ccn1)C1CCCCCC1. The van der Waals surface area contributed by atoms with E-state index in [1.54, 1.807) is 0 Å². The molecular weight excluding hydrogens is 246 g/mol. The molecule has 3 nitrogen and oxygen atoms in total. The third-order valence-corrected chi connectivity index (χ3v) is 4.37. The van der Waals surface area contributed by atoms with Crippen molar-refractivity contribution in [3.05, 3.63) is 42.9 Å². The largest absolute Gasteiger partial charge is 0.357 e. The van der Waals surface area contributed by atoms with Crippen LogP contribution >= 0.6 is 0 Å². The van der Waals surface area contributed by atoms with Gasteiger partial charge in [0, 0.05) is 37.7 Å². The number of anilines is 1. The summed E-state index contributed by atoms with van der Waals surface area (Å²) in [7, 11) is 2.19. The third-order valence-electron chi connectivity index (χ3n) is 4.37. The third kappa shape index (κ3) is 2.87. The van der Waals surface area contributed by atoms with Crippen LogP contribution in [0.2, 0.25) is 0 Å². The van der Waals surface area contributed by atoms with Gasteiger partial charge in [-0.3, -0.25) is 0 Å². The molecule has 1 saturated carbocycles. The van der Waals surface area contributed by atoms with E-state index in [-0.39, 0.29) is 0 Å². The van der Waals surface area contributed by atoms with Gasteiger partial charge < -0.3 is 9.47 Å². The lowest BCUT2D eigenvalue weighted by atomic mass is 10.1. The quantitative estimate of drug-likeness (QED) is 0.784. The van der Waals surface area contributed by atoms with Crippen LogP contribution in [0.1, 0.15) is 38.5 Å². The van der Waals surface area contributed by atoms with E-state index in [9.17, 15) is 0 Å². The van der Waals surface area contributed by atoms with Gasteiger partial charge in [0.2, 0.25) is 0 Å². The molecule has 0 bridgehead atoms. The highest BCUT2D eigenvalue weighted by Crippen LogP contribution is 2.25. The van der Waals surface area contributed by atoms with Crippen LogP contribution in [0.25, 0.3) is 5.69 Å². The van der Waals surface area contributed by atoms with E-state index in [2.05, 4.69) is 58.2 Å². The summed E-state index contributed by atoms with van der Waals surface area (Å²) in [6.07, 6.45) is 14.1. The first kappa shape index (κ1) is 13.2. The Kier molecular flexibility index (Phi) is 4.05. The lowest BCUT2D eigenvalue weighted by Crippen LogP contribution is -2.31. The average Bonchev–Trinajstić information content (AvgIpc) is 2.89. The van der Waals surface area contributed by atoms with E-state index in [4.69, 9.17) is 0 Å². The molecule has 106 valence electrons. The second-order valence-corrected chi connectivity index (χ2v) is 5.72. The minimum atomic E-state index is 0.643. The first-order valence-electron chi connectivity index (χ1n) is 7.67. The zero-order valence-electron chi connectivity index (χ0n) is 12.2. The minimum Gasteiger partial charge on any atom is -0.357 e. The molecule has 0 radical (unpaired) electrons. The van der Waals surface area contributed by atoms with E-state index in [0.717, 1.165) is 5.82 Å². The molecule has 1 aliphatic carbocycles. The molecule has 0 spiro atoms. The van der Waals surface area contributed by atoms with Crippen LogP contribution in [0.3, 0.4) is 0 Å². The van der Waals surface area contributed by atoms with Crippen molar-refractivity contribution in [2.24, 2.45) is 0 Å². The summed E-state index contributed by atoms with van der Waals surface area (Å²) in [6.45, 7) is 0. The molecule has 3 rings (SSSR count). The highest BCUT2D eigenvalue weighted by atomic mass is 15.2. The highest BCUT2D eigenvalue weighted by molar-refractivity contribution is 5.47. The Labute approximate surface area is 121 Å². The molecular formula is C17H23N3. The monoisotopic (exact) mass is 269 g/mol. The number of pyridine rings is 1. The molecule has 1 fully saturated rings. The van der Waals surface area contributed by atoms with E-state index in [0.29, 0.717) is 6.04 Å². The van der Waals surface area contributed by atoms with Gasteiger partial charge in [-0.05, 0) is 31.0 Å². The van der Waals surface area contributed by atoms with E-state index < -0.39 is 0 Å². The Bertz CT molecular complexity index is 525. The van der Waals surface area contributed by atoms with Crippen molar-refractivity contribution in [1.29, 1.82) is 0 Å². The Morgan fingerprint density at radius 1 is 1.10 bits per heavy atom. The van der Waals surface area contributed by atoms with E-state index >= 15 is 0 Å². The molecule has 0 aromatic carbocycles. The molecule has 0 aliphatic heterocycles. The maximum absolute atomic E-state index is 4.57. The molecule has 2 aromatic heterocycles. The van der Waals surface area contributed by atoms with Crippen molar-refractivity contribution < 1.29 is 0 Å². The Morgan fingerprint density at radius 2 is 1.80 bits per heavy atom. The van der Waals surface area contributed by atoms with Crippen molar-refractivity contribution in [1.82, 2.24) is 9.55 Å². The number of hydrogen-bond donors (Lipinski definition) is 0. The molecule has 0 atom stereocenters. The first-order chi connectivity index (χ1) is 9.84. The van der Waals surface area contributed by atoms with Gasteiger partial charge in [-0.1, -0.05) is 25.7 Å². The molecule has 0 N–H and O–H groups in total. The van der Waals surface area contributed by atoms with Crippen molar-refractivity contribution in [2.45, 2.75) is 44.6 Å². The predicted octanol–water partition coefficient (Wildman–Crippen LogP) is 4.03. The second kappa shape index (κ2) is 6.12. The topological polar surface area (TPSA) is 21.1 Å². The van der Waals surface area contributed by atoms with Crippen LogP contribution in [0.15, 0.2) is 42.9 Å². The molecule has 2 heterocycles. The lowest BCUT2D eigenvalue weighted by Gasteiger charge is -2.28. The van der Waals surface area contributed by atoms with Gasteiger partial charge in [0.15, 0.2) is 0 Å². The van der Waals surface area contributed by atoms with Crippen molar-refractivity contribution in [3.8, 4) is 5.69 Å². The molecule has 0 saturated heterocycles. The predicted molar refractivity (Wildman–Crippen MR) is 83.5 cm³/mol. The fraction of sp³-hybridized carbons (Fsp3) is 0.471. The summed E-state index contributed by atoms with van der Waals surface area (Å²) in [5, 5.41) is 0. The minimum absolute atomic E-state index is 0.643. The molecule has 1 aliphatic rings. The number of nitrogens with zero attached hydrogens (tertiary/aromatic N) is 3. The smallest absolute Gasteiger partial charge is 0.130 e. The number of rotatable bonds is 3. The van der Waals surface area contributed by atoms with Gasteiger partial charge in [0.25, 0.3) is 0 Å². The van der Waals surface area contributed by atoms with Crippen LogP contribution in [0.4, 0.5) is 5.82 Å². The fourth-order valence-electron chi connectivity index (χ4n) is 3.10. The van der Waals surface area contributed by atoms with Gasteiger partial charge >= 0.3 is 0 Å². The Balaban J connectivity index is 1.80. The normalized spacial score (nSPS) is 16.9. The summed E-state index contributed by atoms with van der Waals surface area (Å²) in [5.74, 6) is 1.09. The van der Waals surface area contributed by atoms with Crippen LogP contribution in [-0.4, -0.2) is 22.6 Å². The summed E-state index contributed by atoms with van der Waals surface area (Å²) in [4.78, 5) is 6.94. The van der Waals surface area contributed by atoms with Crippen molar-refractivity contribution >= 4 is 5.82 Å². The molecule has 0 unspecified atom stereocenters. The average molecular weight is 269 g/mol. The number of aromatic nitrogens is 2. The van der Waals surface area contributed by atoms with Crippen molar-refractivity contribution in [2.75, 3.05) is 11.9 Å². The lowest BCUT2D eigenvalue weighted by molar-refractivity contribution is 0.549. The van der Waals surface area contributed by atoms with Crippen LogP contribution < -0.4 is 4.90 Å². The molecule has 2 aromatic rings. The van der Waals surface area contributed by atoms with E-state index in [1.807, 2.05) is 6.20 Å². The molecule has 0 amide bonds. The van der Waals surface area contributed by atoms with Gasteiger partial charge in [0.05, 0.1) is 5.69 Å². The summed E-state index contributed by atoms with van der Waals surface area (Å²) in [5.41, 5.74) is 1.18. The zero-order valence-corrected chi connectivity index (χ0v) is 12.2. The maximum atomic E-state index is 4.57. The highest BCUT2D eigenvalue weighted by Gasteiger charge is 2.18. The van der Waals surface area contributed by atoms with Crippen LogP contribution in [0.5, 0.6) is 0 Å². The fourth-order valence-corrected chi connectivity index (χ4v) is 3.10. The Hall–Kier alpha value is -1.77. The molecule has 3 heteroatoms. The van der Waals surface area contributed by atoms with E-state index in [1.165, 1.54) is 44.2 Å². The zero-order chi connectivity index (χ0) is 13.8. The summed E-state index contributed by atoms with van der Waals surface area (Å²) < 4.78 is 2.13. The van der Waals surface area contributed by atoms with Crippen LogP contribution in [-0.2, 0) is 0 Å². The maximum Gasteiger partial charge on any atom is 0.130 e. The second-order valence-electron chi connectivity index (χ2n) is 5.72. The first-order valence-corrected chi connectivity index (χ1v) is 7.67. The summed E-state index contributed by atoms with van der Waals surface area (Å²) in [6, 6.07) is 8.99.